The molecule has 1 aliphatic rings. The maximum absolute atomic E-state index is 5.29. The van der Waals surface area contributed by atoms with Gasteiger partial charge in [-0.15, -0.1) is 0 Å². The van der Waals surface area contributed by atoms with Crippen LogP contribution in [0.25, 0.3) is 0 Å². The summed E-state index contributed by atoms with van der Waals surface area (Å²) >= 11 is 0. The molecule has 1 saturated carbocycles. The minimum atomic E-state index is 0.529. The van der Waals surface area contributed by atoms with Crippen molar-refractivity contribution in [3.63, 3.8) is 0 Å². The fourth-order valence-corrected chi connectivity index (χ4v) is 2.66. The third-order valence-electron chi connectivity index (χ3n) is 3.80. The highest BCUT2D eigenvalue weighted by Gasteiger charge is 2.25. The molecule has 0 aliphatic heterocycles. The Bertz CT molecular complexity index is 337. The number of rotatable bonds is 5. The third-order valence-corrected chi connectivity index (χ3v) is 3.80. The molecule has 0 bridgehead atoms. The molecule has 2 atom stereocenters. The van der Waals surface area contributed by atoms with E-state index in [2.05, 4.69) is 22.4 Å². The zero-order valence-corrected chi connectivity index (χ0v) is 10.9. The zero-order valence-electron chi connectivity index (χ0n) is 10.9. The molecule has 4 heteroatoms. The van der Waals surface area contributed by atoms with Gasteiger partial charge < -0.3 is 9.84 Å². The Labute approximate surface area is 103 Å². The van der Waals surface area contributed by atoms with E-state index in [4.69, 9.17) is 4.52 Å². The summed E-state index contributed by atoms with van der Waals surface area (Å²) in [6.45, 7) is 3.17. The number of hydrogen-bond acceptors (Lipinski definition) is 4. The SMILES string of the molecule is CCC1CCCC(c2noc(CCNC)n2)C1. The van der Waals surface area contributed by atoms with Crippen LogP contribution < -0.4 is 5.32 Å². The molecular weight excluding hydrogens is 214 g/mol. The molecule has 0 radical (unpaired) electrons. The van der Waals surface area contributed by atoms with Crippen LogP contribution in [0, 0.1) is 5.92 Å². The van der Waals surface area contributed by atoms with E-state index in [9.17, 15) is 0 Å². The molecule has 0 spiro atoms. The lowest BCUT2D eigenvalue weighted by Crippen LogP contribution is -2.15. The van der Waals surface area contributed by atoms with E-state index in [1.165, 1.54) is 32.1 Å². The van der Waals surface area contributed by atoms with Crippen LogP contribution in [0.2, 0.25) is 0 Å². The van der Waals surface area contributed by atoms with Crippen molar-refractivity contribution >= 4 is 0 Å². The average Bonchev–Trinajstić information content (AvgIpc) is 2.85. The van der Waals surface area contributed by atoms with Crippen molar-refractivity contribution in [2.75, 3.05) is 13.6 Å². The largest absolute Gasteiger partial charge is 0.339 e. The first-order valence-corrected chi connectivity index (χ1v) is 6.80. The van der Waals surface area contributed by atoms with Crippen LogP contribution in [0.5, 0.6) is 0 Å². The van der Waals surface area contributed by atoms with E-state index in [-0.39, 0.29) is 0 Å². The Hall–Kier alpha value is -0.900. The van der Waals surface area contributed by atoms with Crippen LogP contribution in [-0.4, -0.2) is 23.7 Å². The molecule has 1 aromatic rings. The summed E-state index contributed by atoms with van der Waals surface area (Å²) in [6.07, 6.45) is 7.25. The summed E-state index contributed by atoms with van der Waals surface area (Å²) in [7, 11) is 1.93. The molecule has 1 aromatic heterocycles. The van der Waals surface area contributed by atoms with Crippen molar-refractivity contribution in [1.82, 2.24) is 15.5 Å². The van der Waals surface area contributed by atoms with Gasteiger partial charge in [0.1, 0.15) is 0 Å². The topological polar surface area (TPSA) is 51.0 Å². The van der Waals surface area contributed by atoms with Gasteiger partial charge in [-0.25, -0.2) is 0 Å². The van der Waals surface area contributed by atoms with Crippen molar-refractivity contribution in [3.8, 4) is 0 Å². The van der Waals surface area contributed by atoms with E-state index >= 15 is 0 Å². The molecule has 2 unspecified atom stereocenters. The van der Waals surface area contributed by atoms with Gasteiger partial charge in [-0.05, 0) is 25.8 Å². The highest BCUT2D eigenvalue weighted by Crippen LogP contribution is 2.36. The van der Waals surface area contributed by atoms with Gasteiger partial charge in [-0.3, -0.25) is 0 Å². The minimum Gasteiger partial charge on any atom is -0.339 e. The predicted molar refractivity (Wildman–Crippen MR) is 66.9 cm³/mol. The van der Waals surface area contributed by atoms with E-state index in [0.717, 1.165) is 30.6 Å². The van der Waals surface area contributed by atoms with Crippen LogP contribution in [0.1, 0.15) is 56.7 Å². The molecule has 0 aromatic carbocycles. The van der Waals surface area contributed by atoms with Gasteiger partial charge in [0.25, 0.3) is 0 Å². The predicted octanol–water partition coefficient (Wildman–Crippen LogP) is 2.52. The second-order valence-corrected chi connectivity index (χ2v) is 5.04. The Balaban J connectivity index is 1.94. The van der Waals surface area contributed by atoms with Crippen molar-refractivity contribution < 1.29 is 4.52 Å². The van der Waals surface area contributed by atoms with Crippen molar-refractivity contribution in [1.29, 1.82) is 0 Å². The van der Waals surface area contributed by atoms with Gasteiger partial charge in [0.2, 0.25) is 5.89 Å². The molecule has 17 heavy (non-hydrogen) atoms. The highest BCUT2D eigenvalue weighted by atomic mass is 16.5. The Kier molecular flexibility index (Phi) is 4.54. The molecule has 0 amide bonds. The standard InChI is InChI=1S/C13H23N3O/c1-3-10-5-4-6-11(9-10)13-15-12(17-16-13)7-8-14-2/h10-11,14H,3-9H2,1-2H3. The first-order chi connectivity index (χ1) is 8.33. The smallest absolute Gasteiger partial charge is 0.227 e. The Morgan fingerprint density at radius 1 is 1.41 bits per heavy atom. The summed E-state index contributed by atoms with van der Waals surface area (Å²) < 4.78 is 5.29. The van der Waals surface area contributed by atoms with E-state index < -0.39 is 0 Å². The fraction of sp³-hybridized carbons (Fsp3) is 0.846. The fourth-order valence-electron chi connectivity index (χ4n) is 2.66. The molecule has 1 N–H and O–H groups in total. The first kappa shape index (κ1) is 12.6. The lowest BCUT2D eigenvalue weighted by molar-refractivity contribution is 0.298. The van der Waals surface area contributed by atoms with E-state index in [0.29, 0.717) is 5.92 Å². The summed E-state index contributed by atoms with van der Waals surface area (Å²) in [5.41, 5.74) is 0. The lowest BCUT2D eigenvalue weighted by Gasteiger charge is -2.26. The average molecular weight is 237 g/mol. The lowest BCUT2D eigenvalue weighted by atomic mass is 9.80. The molecule has 1 fully saturated rings. The molecular formula is C13H23N3O. The maximum Gasteiger partial charge on any atom is 0.227 e. The minimum absolute atomic E-state index is 0.529. The zero-order chi connectivity index (χ0) is 12.1. The van der Waals surface area contributed by atoms with Crippen LogP contribution in [0.15, 0.2) is 4.52 Å². The second kappa shape index (κ2) is 6.15. The monoisotopic (exact) mass is 237 g/mol. The second-order valence-electron chi connectivity index (χ2n) is 5.04. The van der Waals surface area contributed by atoms with Gasteiger partial charge in [-0.2, -0.15) is 4.98 Å². The van der Waals surface area contributed by atoms with Gasteiger partial charge in [0, 0.05) is 18.9 Å². The number of nitrogens with zero attached hydrogens (tertiary/aromatic N) is 2. The van der Waals surface area contributed by atoms with Crippen molar-refractivity contribution in [2.45, 2.75) is 51.4 Å². The molecule has 1 heterocycles. The molecule has 1 aliphatic carbocycles. The Morgan fingerprint density at radius 3 is 3.06 bits per heavy atom. The maximum atomic E-state index is 5.29. The molecule has 96 valence electrons. The van der Waals surface area contributed by atoms with Crippen LogP contribution >= 0.6 is 0 Å². The number of hydrogen-bond donors (Lipinski definition) is 1. The first-order valence-electron chi connectivity index (χ1n) is 6.80. The van der Waals surface area contributed by atoms with E-state index in [1.807, 2.05) is 7.05 Å². The number of aromatic nitrogens is 2. The summed E-state index contributed by atoms with van der Waals surface area (Å²) in [4.78, 5) is 4.52. The quantitative estimate of drug-likeness (QED) is 0.855. The van der Waals surface area contributed by atoms with Gasteiger partial charge in [0.05, 0.1) is 0 Å². The molecule has 0 saturated heterocycles. The number of nitrogens with one attached hydrogen (secondary N) is 1. The summed E-state index contributed by atoms with van der Waals surface area (Å²) in [6, 6.07) is 0. The highest BCUT2D eigenvalue weighted by molar-refractivity contribution is 4.98. The van der Waals surface area contributed by atoms with Crippen LogP contribution in [-0.2, 0) is 6.42 Å². The normalized spacial score (nSPS) is 25.1. The van der Waals surface area contributed by atoms with Crippen molar-refractivity contribution in [3.05, 3.63) is 11.7 Å². The summed E-state index contributed by atoms with van der Waals surface area (Å²) in [5.74, 6) is 3.09. The van der Waals surface area contributed by atoms with Crippen LogP contribution in [0.4, 0.5) is 0 Å². The molecule has 2 rings (SSSR count). The van der Waals surface area contributed by atoms with Gasteiger partial charge in [0.15, 0.2) is 5.82 Å². The van der Waals surface area contributed by atoms with Crippen molar-refractivity contribution in [2.24, 2.45) is 5.92 Å². The Morgan fingerprint density at radius 2 is 2.29 bits per heavy atom. The summed E-state index contributed by atoms with van der Waals surface area (Å²) in [5, 5.41) is 7.24. The molecule has 4 nitrogen and oxygen atoms in total. The third kappa shape index (κ3) is 3.28. The van der Waals surface area contributed by atoms with Gasteiger partial charge in [-0.1, -0.05) is 31.3 Å². The van der Waals surface area contributed by atoms with Gasteiger partial charge >= 0.3 is 0 Å². The van der Waals surface area contributed by atoms with Crippen LogP contribution in [0.3, 0.4) is 0 Å². The number of likely N-dealkylation sites (N-methyl/N-ethyl adjacent to an activating group) is 1. The van der Waals surface area contributed by atoms with E-state index in [1.54, 1.807) is 0 Å².